The number of aromatic nitrogens is 2. The van der Waals surface area contributed by atoms with Crippen LogP contribution in [0.1, 0.15) is 38.4 Å². The zero-order chi connectivity index (χ0) is 13.7. The van der Waals surface area contributed by atoms with Crippen LogP contribution in [-0.4, -0.2) is 28.2 Å². The van der Waals surface area contributed by atoms with Crippen molar-refractivity contribution in [3.63, 3.8) is 0 Å². The highest BCUT2D eigenvalue weighted by Gasteiger charge is 2.20. The van der Waals surface area contributed by atoms with Crippen molar-refractivity contribution in [2.75, 3.05) is 6.61 Å². The van der Waals surface area contributed by atoms with Gasteiger partial charge in [-0.05, 0) is 18.8 Å². The fourth-order valence-electron chi connectivity index (χ4n) is 2.52. The predicted octanol–water partition coefficient (Wildman–Crippen LogP) is 1.63. The minimum atomic E-state index is -0.0683. The third kappa shape index (κ3) is 4.35. The van der Waals surface area contributed by atoms with Crippen LogP contribution in [0.4, 0.5) is 0 Å². The van der Waals surface area contributed by atoms with Gasteiger partial charge in [0, 0.05) is 19.4 Å². The van der Waals surface area contributed by atoms with Crippen molar-refractivity contribution in [2.24, 2.45) is 13.0 Å². The fraction of sp³-hybridized carbons (Fsp3) is 0.714. The SMILES string of the molecule is CC1CCCC(OCC(=O)NCc2nccn2C)C1. The molecule has 0 spiro atoms. The molecule has 19 heavy (non-hydrogen) atoms. The molecule has 0 saturated heterocycles. The number of imidazole rings is 1. The summed E-state index contributed by atoms with van der Waals surface area (Å²) in [6, 6.07) is 0. The zero-order valence-corrected chi connectivity index (χ0v) is 11.8. The lowest BCUT2D eigenvalue weighted by Crippen LogP contribution is -2.31. The lowest BCUT2D eigenvalue weighted by atomic mass is 9.89. The Labute approximate surface area is 114 Å². The molecule has 0 aromatic carbocycles. The quantitative estimate of drug-likeness (QED) is 0.880. The van der Waals surface area contributed by atoms with Gasteiger partial charge >= 0.3 is 0 Å². The van der Waals surface area contributed by atoms with Gasteiger partial charge in [-0.1, -0.05) is 19.8 Å². The summed E-state index contributed by atoms with van der Waals surface area (Å²) in [4.78, 5) is 15.9. The molecule has 1 aliphatic carbocycles. The normalized spacial score (nSPS) is 23.3. The van der Waals surface area contributed by atoms with Crippen LogP contribution in [-0.2, 0) is 23.1 Å². The summed E-state index contributed by atoms with van der Waals surface area (Å²) in [7, 11) is 1.91. The number of rotatable bonds is 5. The number of hydrogen-bond acceptors (Lipinski definition) is 3. The first-order valence-corrected chi connectivity index (χ1v) is 6.99. The van der Waals surface area contributed by atoms with Crippen molar-refractivity contribution < 1.29 is 9.53 Å². The molecule has 1 saturated carbocycles. The van der Waals surface area contributed by atoms with Crippen LogP contribution in [0.2, 0.25) is 0 Å². The van der Waals surface area contributed by atoms with E-state index in [9.17, 15) is 4.79 Å². The van der Waals surface area contributed by atoms with Crippen molar-refractivity contribution in [1.82, 2.24) is 14.9 Å². The van der Waals surface area contributed by atoms with E-state index in [0.29, 0.717) is 6.54 Å². The second-order valence-corrected chi connectivity index (χ2v) is 5.44. The second-order valence-electron chi connectivity index (χ2n) is 5.44. The standard InChI is InChI=1S/C14H23N3O2/c1-11-4-3-5-12(8-11)19-10-14(18)16-9-13-15-6-7-17(13)2/h6-7,11-12H,3-5,8-10H2,1-2H3,(H,16,18). The second kappa shape index (κ2) is 6.70. The van der Waals surface area contributed by atoms with Gasteiger partial charge in [-0.15, -0.1) is 0 Å². The molecule has 1 N–H and O–H groups in total. The topological polar surface area (TPSA) is 56.1 Å². The van der Waals surface area contributed by atoms with Crippen LogP contribution in [0.25, 0.3) is 0 Å². The van der Waals surface area contributed by atoms with Gasteiger partial charge in [0.1, 0.15) is 12.4 Å². The van der Waals surface area contributed by atoms with Gasteiger partial charge in [-0.2, -0.15) is 0 Å². The van der Waals surface area contributed by atoms with Crippen molar-refractivity contribution in [3.05, 3.63) is 18.2 Å². The molecule has 5 heteroatoms. The van der Waals surface area contributed by atoms with Crippen molar-refractivity contribution in [2.45, 2.75) is 45.3 Å². The van der Waals surface area contributed by atoms with E-state index < -0.39 is 0 Å². The molecule has 1 aliphatic rings. The van der Waals surface area contributed by atoms with Crippen molar-refractivity contribution in [1.29, 1.82) is 0 Å². The van der Waals surface area contributed by atoms with Gasteiger partial charge in [0.05, 0.1) is 12.6 Å². The van der Waals surface area contributed by atoms with Crippen molar-refractivity contribution >= 4 is 5.91 Å². The molecule has 1 heterocycles. The number of carbonyl (C=O) groups is 1. The maximum absolute atomic E-state index is 11.7. The Morgan fingerprint density at radius 3 is 3.11 bits per heavy atom. The molecule has 2 unspecified atom stereocenters. The molecular formula is C14H23N3O2. The Kier molecular flexibility index (Phi) is 4.96. The molecule has 5 nitrogen and oxygen atoms in total. The molecule has 2 rings (SSSR count). The van der Waals surface area contributed by atoms with Crippen molar-refractivity contribution in [3.8, 4) is 0 Å². The molecule has 1 aromatic rings. The average Bonchev–Trinajstić information content (AvgIpc) is 2.80. The highest BCUT2D eigenvalue weighted by atomic mass is 16.5. The Morgan fingerprint density at radius 2 is 2.42 bits per heavy atom. The Balaban J connectivity index is 1.66. The first-order valence-electron chi connectivity index (χ1n) is 6.99. The van der Waals surface area contributed by atoms with Gasteiger partial charge in [-0.3, -0.25) is 4.79 Å². The van der Waals surface area contributed by atoms with Gasteiger partial charge in [0.2, 0.25) is 5.91 Å². The lowest BCUT2D eigenvalue weighted by molar-refractivity contribution is -0.128. The Morgan fingerprint density at radius 1 is 1.58 bits per heavy atom. The molecule has 0 bridgehead atoms. The zero-order valence-electron chi connectivity index (χ0n) is 11.8. The molecule has 0 radical (unpaired) electrons. The number of amides is 1. The van der Waals surface area contributed by atoms with E-state index >= 15 is 0 Å². The number of nitrogens with zero attached hydrogens (tertiary/aromatic N) is 2. The smallest absolute Gasteiger partial charge is 0.246 e. The van der Waals surface area contributed by atoms with Crippen LogP contribution in [0.3, 0.4) is 0 Å². The largest absolute Gasteiger partial charge is 0.368 e. The fourth-order valence-corrected chi connectivity index (χ4v) is 2.52. The Hall–Kier alpha value is -1.36. The van der Waals surface area contributed by atoms with E-state index in [2.05, 4.69) is 17.2 Å². The number of carbonyl (C=O) groups excluding carboxylic acids is 1. The minimum Gasteiger partial charge on any atom is -0.368 e. The molecule has 1 aromatic heterocycles. The van der Waals surface area contributed by atoms with E-state index in [0.717, 1.165) is 24.6 Å². The highest BCUT2D eigenvalue weighted by molar-refractivity contribution is 5.77. The van der Waals surface area contributed by atoms with Crippen LogP contribution < -0.4 is 5.32 Å². The average molecular weight is 265 g/mol. The number of hydrogen-bond donors (Lipinski definition) is 1. The summed E-state index contributed by atoms with van der Waals surface area (Å²) >= 11 is 0. The maximum Gasteiger partial charge on any atom is 0.246 e. The van der Waals surface area contributed by atoms with Gasteiger partial charge in [0.15, 0.2) is 0 Å². The van der Waals surface area contributed by atoms with Crippen LogP contribution in [0, 0.1) is 5.92 Å². The summed E-state index contributed by atoms with van der Waals surface area (Å²) < 4.78 is 7.57. The van der Waals surface area contributed by atoms with Crippen LogP contribution >= 0.6 is 0 Å². The third-order valence-electron chi connectivity index (χ3n) is 3.70. The van der Waals surface area contributed by atoms with E-state index in [4.69, 9.17) is 4.74 Å². The summed E-state index contributed by atoms with van der Waals surface area (Å²) in [5.74, 6) is 1.50. The summed E-state index contributed by atoms with van der Waals surface area (Å²) in [5, 5.41) is 2.83. The summed E-state index contributed by atoms with van der Waals surface area (Å²) in [6.45, 7) is 2.85. The van der Waals surface area contributed by atoms with Crippen LogP contribution in [0.5, 0.6) is 0 Å². The molecule has 0 aliphatic heterocycles. The highest BCUT2D eigenvalue weighted by Crippen LogP contribution is 2.25. The monoisotopic (exact) mass is 265 g/mol. The molecule has 2 atom stereocenters. The van der Waals surface area contributed by atoms with E-state index in [1.807, 2.05) is 17.8 Å². The number of nitrogens with one attached hydrogen (secondary N) is 1. The summed E-state index contributed by atoms with van der Waals surface area (Å²) in [6.07, 6.45) is 8.49. The predicted molar refractivity (Wildman–Crippen MR) is 72.4 cm³/mol. The first-order chi connectivity index (χ1) is 9.15. The number of ether oxygens (including phenoxy) is 1. The Bertz CT molecular complexity index is 417. The van der Waals surface area contributed by atoms with E-state index in [1.165, 1.54) is 12.8 Å². The minimum absolute atomic E-state index is 0.0683. The first kappa shape index (κ1) is 14.1. The molecule has 1 fully saturated rings. The summed E-state index contributed by atoms with van der Waals surface area (Å²) in [5.41, 5.74) is 0. The van der Waals surface area contributed by atoms with Gasteiger partial charge in [-0.25, -0.2) is 4.98 Å². The molecule has 1 amide bonds. The van der Waals surface area contributed by atoms with Gasteiger partial charge in [0.25, 0.3) is 0 Å². The van der Waals surface area contributed by atoms with Crippen LogP contribution in [0.15, 0.2) is 12.4 Å². The van der Waals surface area contributed by atoms with E-state index in [1.54, 1.807) is 6.20 Å². The molecular weight excluding hydrogens is 242 g/mol. The lowest BCUT2D eigenvalue weighted by Gasteiger charge is -2.26. The number of aryl methyl sites for hydroxylation is 1. The maximum atomic E-state index is 11.7. The third-order valence-corrected chi connectivity index (χ3v) is 3.70. The molecule has 106 valence electrons. The van der Waals surface area contributed by atoms with Gasteiger partial charge < -0.3 is 14.6 Å². The van der Waals surface area contributed by atoms with E-state index in [-0.39, 0.29) is 18.6 Å².